The van der Waals surface area contributed by atoms with E-state index in [4.69, 9.17) is 10.5 Å². The van der Waals surface area contributed by atoms with Crippen molar-refractivity contribution in [2.75, 3.05) is 19.0 Å². The van der Waals surface area contributed by atoms with Crippen molar-refractivity contribution in [3.05, 3.63) is 29.8 Å². The fourth-order valence-electron chi connectivity index (χ4n) is 1.65. The van der Waals surface area contributed by atoms with E-state index in [9.17, 15) is 4.79 Å². The van der Waals surface area contributed by atoms with Gasteiger partial charge in [0, 0.05) is 12.8 Å². The Morgan fingerprint density at radius 2 is 2.18 bits per heavy atom. The van der Waals surface area contributed by atoms with Crippen LogP contribution in [0.5, 0.6) is 0 Å². The Morgan fingerprint density at radius 1 is 1.47 bits per heavy atom. The van der Waals surface area contributed by atoms with E-state index in [2.05, 4.69) is 5.32 Å². The van der Waals surface area contributed by atoms with Gasteiger partial charge in [-0.1, -0.05) is 25.1 Å². The molecule has 4 nitrogen and oxygen atoms in total. The zero-order chi connectivity index (χ0) is 12.7. The summed E-state index contributed by atoms with van der Waals surface area (Å²) < 4.78 is 5.06. The second-order valence-corrected chi connectivity index (χ2v) is 3.91. The number of amides is 1. The Kier molecular flexibility index (Phi) is 5.49. The number of rotatable bonds is 7. The lowest BCUT2D eigenvalue weighted by atomic mass is 10.1. The molecule has 0 aliphatic carbocycles. The van der Waals surface area contributed by atoms with E-state index in [1.54, 1.807) is 7.11 Å². The highest BCUT2D eigenvalue weighted by molar-refractivity contribution is 5.83. The highest BCUT2D eigenvalue weighted by Gasteiger charge is 2.13. The van der Waals surface area contributed by atoms with Gasteiger partial charge < -0.3 is 15.8 Å². The highest BCUT2D eigenvalue weighted by atomic mass is 16.5. The number of benzene rings is 1. The summed E-state index contributed by atoms with van der Waals surface area (Å²) in [5.74, 6) is -0.325. The maximum absolute atomic E-state index is 11.2. The molecule has 3 N–H and O–H groups in total. The first kappa shape index (κ1) is 13.5. The fraction of sp³-hybridized carbons (Fsp3) is 0.462. The van der Waals surface area contributed by atoms with E-state index in [-0.39, 0.29) is 11.9 Å². The molecule has 0 fully saturated rings. The summed E-state index contributed by atoms with van der Waals surface area (Å²) in [5.41, 5.74) is 7.41. The minimum Gasteiger partial charge on any atom is -0.384 e. The summed E-state index contributed by atoms with van der Waals surface area (Å²) in [6.45, 7) is 2.59. The van der Waals surface area contributed by atoms with E-state index in [1.807, 2.05) is 31.2 Å². The Labute approximate surface area is 102 Å². The molecule has 0 spiro atoms. The number of nitrogens with one attached hydrogen (secondary N) is 1. The predicted octanol–water partition coefficient (Wildman–Crippen LogP) is 1.55. The summed E-state index contributed by atoms with van der Waals surface area (Å²) in [6, 6.07) is 7.57. The van der Waals surface area contributed by atoms with Crippen LogP contribution in [0.2, 0.25) is 0 Å². The normalized spacial score (nSPS) is 12.1. The van der Waals surface area contributed by atoms with Crippen LogP contribution >= 0.6 is 0 Å². The molecular formula is C13H20N2O2. The number of hydrogen-bond donors (Lipinski definition) is 2. The zero-order valence-corrected chi connectivity index (χ0v) is 10.4. The van der Waals surface area contributed by atoms with Crippen LogP contribution in [0.1, 0.15) is 18.9 Å². The number of methoxy groups -OCH3 is 1. The Balaban J connectivity index is 2.78. The number of nitrogens with two attached hydrogens (primary N) is 1. The molecule has 1 aromatic carbocycles. The number of ether oxygens (including phenoxy) is 1. The van der Waals surface area contributed by atoms with Crippen LogP contribution in [0.3, 0.4) is 0 Å². The van der Waals surface area contributed by atoms with Crippen LogP contribution < -0.4 is 11.1 Å². The van der Waals surface area contributed by atoms with E-state index in [1.165, 1.54) is 0 Å². The molecular weight excluding hydrogens is 216 g/mol. The maximum Gasteiger partial charge on any atom is 0.239 e. The monoisotopic (exact) mass is 236 g/mol. The van der Waals surface area contributed by atoms with Gasteiger partial charge >= 0.3 is 0 Å². The minimum atomic E-state index is -0.325. The molecule has 1 rings (SSSR count). The molecule has 0 bridgehead atoms. The van der Waals surface area contributed by atoms with E-state index in [0.29, 0.717) is 13.0 Å². The molecule has 1 aromatic rings. The van der Waals surface area contributed by atoms with Gasteiger partial charge in [0.25, 0.3) is 0 Å². The molecule has 94 valence electrons. The summed E-state index contributed by atoms with van der Waals surface area (Å²) >= 11 is 0. The molecule has 0 saturated carbocycles. The first-order chi connectivity index (χ1) is 8.19. The van der Waals surface area contributed by atoms with Crippen LogP contribution in [0.4, 0.5) is 5.69 Å². The first-order valence-electron chi connectivity index (χ1n) is 5.81. The average Bonchev–Trinajstić information content (AvgIpc) is 2.34. The third kappa shape index (κ3) is 4.07. The standard InChI is InChI=1S/C13H20N2O2/c1-3-11(13(14)16)15-12-7-5-4-6-10(12)8-9-17-2/h4-7,11,15H,3,8-9H2,1-2H3,(H2,14,16). The Hall–Kier alpha value is -1.55. The van der Waals surface area contributed by atoms with Gasteiger partial charge in [0.15, 0.2) is 0 Å². The molecule has 0 saturated heterocycles. The molecule has 0 aliphatic heterocycles. The van der Waals surface area contributed by atoms with Gasteiger partial charge in [0.2, 0.25) is 5.91 Å². The third-order valence-corrected chi connectivity index (χ3v) is 2.67. The molecule has 1 amide bonds. The van der Waals surface area contributed by atoms with Crippen molar-refractivity contribution in [3.8, 4) is 0 Å². The lowest BCUT2D eigenvalue weighted by Gasteiger charge is -2.17. The summed E-state index contributed by atoms with van der Waals surface area (Å²) in [6.07, 6.45) is 1.49. The number of para-hydroxylation sites is 1. The molecule has 0 radical (unpaired) electrons. The van der Waals surface area contributed by atoms with Gasteiger partial charge in [-0.25, -0.2) is 0 Å². The molecule has 1 unspecified atom stereocenters. The average molecular weight is 236 g/mol. The number of anilines is 1. The molecule has 0 heterocycles. The number of hydrogen-bond acceptors (Lipinski definition) is 3. The third-order valence-electron chi connectivity index (χ3n) is 2.67. The maximum atomic E-state index is 11.2. The first-order valence-corrected chi connectivity index (χ1v) is 5.81. The van der Waals surface area contributed by atoms with Gasteiger partial charge in [-0.2, -0.15) is 0 Å². The Morgan fingerprint density at radius 3 is 2.76 bits per heavy atom. The lowest BCUT2D eigenvalue weighted by Crippen LogP contribution is -2.35. The topological polar surface area (TPSA) is 64.3 Å². The van der Waals surface area contributed by atoms with Crippen LogP contribution in [0.15, 0.2) is 24.3 Å². The van der Waals surface area contributed by atoms with E-state index < -0.39 is 0 Å². The SMILES string of the molecule is CCC(Nc1ccccc1CCOC)C(N)=O. The van der Waals surface area contributed by atoms with E-state index in [0.717, 1.165) is 17.7 Å². The highest BCUT2D eigenvalue weighted by Crippen LogP contribution is 2.17. The minimum absolute atomic E-state index is 0.321. The quantitative estimate of drug-likeness (QED) is 0.755. The van der Waals surface area contributed by atoms with Gasteiger partial charge in [0.1, 0.15) is 6.04 Å². The van der Waals surface area contributed by atoms with Crippen molar-refractivity contribution in [1.29, 1.82) is 0 Å². The summed E-state index contributed by atoms with van der Waals surface area (Å²) in [5, 5.41) is 3.18. The van der Waals surface area contributed by atoms with Crippen molar-refractivity contribution in [2.24, 2.45) is 5.73 Å². The fourth-order valence-corrected chi connectivity index (χ4v) is 1.65. The number of carbonyl (C=O) groups excluding carboxylic acids is 1. The summed E-state index contributed by atoms with van der Waals surface area (Å²) in [4.78, 5) is 11.2. The van der Waals surface area contributed by atoms with Gasteiger partial charge in [-0.3, -0.25) is 4.79 Å². The second-order valence-electron chi connectivity index (χ2n) is 3.91. The number of carbonyl (C=O) groups is 1. The van der Waals surface area contributed by atoms with Crippen LogP contribution in [0, 0.1) is 0 Å². The predicted molar refractivity (Wildman–Crippen MR) is 68.9 cm³/mol. The Bertz CT molecular complexity index is 366. The van der Waals surface area contributed by atoms with Crippen molar-refractivity contribution >= 4 is 11.6 Å². The summed E-state index contributed by atoms with van der Waals surface area (Å²) in [7, 11) is 1.67. The van der Waals surface area contributed by atoms with Crippen molar-refractivity contribution in [3.63, 3.8) is 0 Å². The number of primary amides is 1. The second kappa shape index (κ2) is 6.91. The molecule has 4 heteroatoms. The lowest BCUT2D eigenvalue weighted by molar-refractivity contribution is -0.118. The van der Waals surface area contributed by atoms with Gasteiger partial charge in [0.05, 0.1) is 6.61 Å². The molecule has 17 heavy (non-hydrogen) atoms. The molecule has 1 atom stereocenters. The van der Waals surface area contributed by atoms with Gasteiger partial charge in [-0.05, 0) is 24.5 Å². The van der Waals surface area contributed by atoms with Crippen molar-refractivity contribution in [2.45, 2.75) is 25.8 Å². The van der Waals surface area contributed by atoms with Crippen LogP contribution in [-0.2, 0) is 16.0 Å². The molecule has 0 aromatic heterocycles. The van der Waals surface area contributed by atoms with Crippen LogP contribution in [-0.4, -0.2) is 25.7 Å². The zero-order valence-electron chi connectivity index (χ0n) is 10.4. The van der Waals surface area contributed by atoms with Crippen molar-refractivity contribution < 1.29 is 9.53 Å². The van der Waals surface area contributed by atoms with E-state index >= 15 is 0 Å². The van der Waals surface area contributed by atoms with Crippen LogP contribution in [0.25, 0.3) is 0 Å². The largest absolute Gasteiger partial charge is 0.384 e. The molecule has 0 aliphatic rings. The van der Waals surface area contributed by atoms with Crippen molar-refractivity contribution in [1.82, 2.24) is 0 Å². The smallest absolute Gasteiger partial charge is 0.239 e. The van der Waals surface area contributed by atoms with Gasteiger partial charge in [-0.15, -0.1) is 0 Å².